The summed E-state index contributed by atoms with van der Waals surface area (Å²) in [6.07, 6.45) is 0.998. The molecule has 0 aliphatic carbocycles. The standard InChI is InChI=1S/C13H15ClN2/c1-2-11(9-14)15-13-8-7-10-5-3-4-6-12(10)16-13/h3-8,11H,2,9H2,1H3,(H,15,16). The van der Waals surface area contributed by atoms with Gasteiger partial charge in [0.25, 0.3) is 0 Å². The Balaban J connectivity index is 2.25. The quantitative estimate of drug-likeness (QED) is 0.817. The Morgan fingerprint density at radius 2 is 2.06 bits per heavy atom. The summed E-state index contributed by atoms with van der Waals surface area (Å²) in [5.74, 6) is 1.50. The highest BCUT2D eigenvalue weighted by atomic mass is 35.5. The molecule has 1 aromatic carbocycles. The number of aromatic nitrogens is 1. The van der Waals surface area contributed by atoms with Gasteiger partial charge in [0, 0.05) is 17.3 Å². The summed E-state index contributed by atoms with van der Waals surface area (Å²) in [5, 5.41) is 4.49. The third kappa shape index (κ3) is 2.45. The molecular formula is C13H15ClN2. The van der Waals surface area contributed by atoms with Gasteiger partial charge in [0.05, 0.1) is 5.52 Å². The van der Waals surface area contributed by atoms with Crippen LogP contribution in [-0.2, 0) is 0 Å². The highest BCUT2D eigenvalue weighted by Crippen LogP contribution is 2.15. The van der Waals surface area contributed by atoms with Crippen LogP contribution in [0.5, 0.6) is 0 Å². The minimum atomic E-state index is 0.287. The van der Waals surface area contributed by atoms with Crippen molar-refractivity contribution in [1.82, 2.24) is 4.98 Å². The maximum atomic E-state index is 5.85. The van der Waals surface area contributed by atoms with Crippen molar-refractivity contribution in [2.75, 3.05) is 11.2 Å². The fourth-order valence-electron chi connectivity index (χ4n) is 1.61. The van der Waals surface area contributed by atoms with Crippen molar-refractivity contribution in [3.8, 4) is 0 Å². The van der Waals surface area contributed by atoms with Gasteiger partial charge in [-0.2, -0.15) is 0 Å². The fraction of sp³-hybridized carbons (Fsp3) is 0.308. The van der Waals surface area contributed by atoms with Crippen LogP contribution in [0.15, 0.2) is 36.4 Å². The molecule has 1 N–H and O–H groups in total. The van der Waals surface area contributed by atoms with E-state index in [0.29, 0.717) is 5.88 Å². The van der Waals surface area contributed by atoms with Crippen LogP contribution in [0, 0.1) is 0 Å². The molecular weight excluding hydrogens is 220 g/mol. The van der Waals surface area contributed by atoms with E-state index in [1.165, 1.54) is 0 Å². The largest absolute Gasteiger partial charge is 0.366 e. The molecule has 3 heteroatoms. The average molecular weight is 235 g/mol. The van der Waals surface area contributed by atoms with Gasteiger partial charge < -0.3 is 5.32 Å². The van der Waals surface area contributed by atoms with Crippen LogP contribution in [0.25, 0.3) is 10.9 Å². The first-order valence-corrected chi connectivity index (χ1v) is 6.05. The molecule has 84 valence electrons. The van der Waals surface area contributed by atoms with E-state index in [4.69, 9.17) is 11.6 Å². The molecule has 16 heavy (non-hydrogen) atoms. The second-order valence-corrected chi connectivity index (χ2v) is 4.10. The number of rotatable bonds is 4. The van der Waals surface area contributed by atoms with Gasteiger partial charge in [-0.05, 0) is 24.6 Å². The van der Waals surface area contributed by atoms with Gasteiger partial charge in [0.15, 0.2) is 0 Å². The monoisotopic (exact) mass is 234 g/mol. The van der Waals surface area contributed by atoms with Crippen molar-refractivity contribution >= 4 is 28.3 Å². The molecule has 1 heterocycles. The molecule has 2 nitrogen and oxygen atoms in total. The van der Waals surface area contributed by atoms with E-state index < -0.39 is 0 Å². The zero-order valence-electron chi connectivity index (χ0n) is 9.28. The number of anilines is 1. The van der Waals surface area contributed by atoms with Crippen LogP contribution in [0.2, 0.25) is 0 Å². The minimum Gasteiger partial charge on any atom is -0.366 e. The number of hydrogen-bond donors (Lipinski definition) is 1. The summed E-state index contributed by atoms with van der Waals surface area (Å²) < 4.78 is 0. The number of nitrogens with zero attached hydrogens (tertiary/aromatic N) is 1. The highest BCUT2D eigenvalue weighted by molar-refractivity contribution is 6.18. The second-order valence-electron chi connectivity index (χ2n) is 3.79. The number of para-hydroxylation sites is 1. The first-order valence-electron chi connectivity index (χ1n) is 5.51. The number of hydrogen-bond acceptors (Lipinski definition) is 2. The zero-order valence-corrected chi connectivity index (χ0v) is 10.0. The number of nitrogens with one attached hydrogen (secondary N) is 1. The van der Waals surface area contributed by atoms with E-state index in [0.717, 1.165) is 23.1 Å². The summed E-state index contributed by atoms with van der Waals surface area (Å²) in [6, 6.07) is 12.5. The van der Waals surface area contributed by atoms with Crippen LogP contribution in [-0.4, -0.2) is 16.9 Å². The molecule has 0 spiro atoms. The van der Waals surface area contributed by atoms with Crippen LogP contribution in [0.4, 0.5) is 5.82 Å². The van der Waals surface area contributed by atoms with Crippen LogP contribution < -0.4 is 5.32 Å². The van der Waals surface area contributed by atoms with Gasteiger partial charge in [0.2, 0.25) is 0 Å². The van der Waals surface area contributed by atoms with Crippen molar-refractivity contribution < 1.29 is 0 Å². The zero-order chi connectivity index (χ0) is 11.4. The minimum absolute atomic E-state index is 0.287. The van der Waals surface area contributed by atoms with Crippen molar-refractivity contribution in [2.24, 2.45) is 0 Å². The smallest absolute Gasteiger partial charge is 0.126 e. The SMILES string of the molecule is CCC(CCl)Nc1ccc2ccccc2n1. The second kappa shape index (κ2) is 5.17. The Morgan fingerprint density at radius 1 is 1.25 bits per heavy atom. The molecule has 1 aromatic heterocycles. The highest BCUT2D eigenvalue weighted by Gasteiger charge is 2.05. The lowest BCUT2D eigenvalue weighted by molar-refractivity contribution is 0.766. The molecule has 2 rings (SSSR count). The molecule has 0 fully saturated rings. The lowest BCUT2D eigenvalue weighted by Crippen LogP contribution is -2.20. The molecule has 0 amide bonds. The average Bonchev–Trinajstić information content (AvgIpc) is 2.35. The van der Waals surface area contributed by atoms with E-state index >= 15 is 0 Å². The Bertz CT molecular complexity index is 466. The third-order valence-electron chi connectivity index (χ3n) is 2.63. The number of halogens is 1. The maximum absolute atomic E-state index is 5.85. The Kier molecular flexibility index (Phi) is 3.62. The predicted molar refractivity (Wildman–Crippen MR) is 70.2 cm³/mol. The molecule has 0 saturated carbocycles. The van der Waals surface area contributed by atoms with Crippen molar-refractivity contribution in [3.05, 3.63) is 36.4 Å². The number of pyridine rings is 1. The fourth-order valence-corrected chi connectivity index (χ4v) is 1.90. The van der Waals surface area contributed by atoms with Crippen molar-refractivity contribution in [1.29, 1.82) is 0 Å². The number of alkyl halides is 1. The number of fused-ring (bicyclic) bond motifs is 1. The van der Waals surface area contributed by atoms with E-state index in [2.05, 4.69) is 29.4 Å². The first kappa shape index (κ1) is 11.2. The molecule has 1 atom stereocenters. The lowest BCUT2D eigenvalue weighted by atomic mass is 10.2. The Morgan fingerprint density at radius 3 is 2.81 bits per heavy atom. The van der Waals surface area contributed by atoms with Crippen molar-refractivity contribution in [2.45, 2.75) is 19.4 Å². The molecule has 0 bridgehead atoms. The normalized spacial score (nSPS) is 12.6. The lowest BCUT2D eigenvalue weighted by Gasteiger charge is -2.14. The first-order chi connectivity index (χ1) is 7.83. The summed E-state index contributed by atoms with van der Waals surface area (Å²) in [5.41, 5.74) is 1.01. The van der Waals surface area contributed by atoms with Gasteiger partial charge >= 0.3 is 0 Å². The maximum Gasteiger partial charge on any atom is 0.126 e. The van der Waals surface area contributed by atoms with Gasteiger partial charge in [-0.25, -0.2) is 4.98 Å². The van der Waals surface area contributed by atoms with E-state index in [9.17, 15) is 0 Å². The molecule has 1 unspecified atom stereocenters. The predicted octanol–water partition coefficient (Wildman–Crippen LogP) is 3.66. The molecule has 0 saturated heterocycles. The van der Waals surface area contributed by atoms with E-state index in [1.807, 2.05) is 24.3 Å². The third-order valence-corrected chi connectivity index (χ3v) is 3.00. The molecule has 0 radical (unpaired) electrons. The summed E-state index contributed by atoms with van der Waals surface area (Å²) in [6.45, 7) is 2.11. The summed E-state index contributed by atoms with van der Waals surface area (Å²) in [7, 11) is 0. The van der Waals surface area contributed by atoms with Gasteiger partial charge in [-0.15, -0.1) is 11.6 Å². The van der Waals surface area contributed by atoms with Crippen molar-refractivity contribution in [3.63, 3.8) is 0 Å². The van der Waals surface area contributed by atoms with Gasteiger partial charge in [-0.3, -0.25) is 0 Å². The summed E-state index contributed by atoms with van der Waals surface area (Å²) in [4.78, 5) is 4.54. The van der Waals surface area contributed by atoms with Crippen LogP contribution >= 0.6 is 11.6 Å². The molecule has 0 aliphatic rings. The molecule has 0 aliphatic heterocycles. The summed E-state index contributed by atoms with van der Waals surface area (Å²) >= 11 is 5.85. The van der Waals surface area contributed by atoms with E-state index in [1.54, 1.807) is 0 Å². The van der Waals surface area contributed by atoms with E-state index in [-0.39, 0.29) is 6.04 Å². The van der Waals surface area contributed by atoms with Gasteiger partial charge in [0.1, 0.15) is 5.82 Å². The number of benzene rings is 1. The van der Waals surface area contributed by atoms with Crippen LogP contribution in [0.1, 0.15) is 13.3 Å². The topological polar surface area (TPSA) is 24.9 Å². The Hall–Kier alpha value is -1.28. The van der Waals surface area contributed by atoms with Gasteiger partial charge in [-0.1, -0.05) is 25.1 Å². The van der Waals surface area contributed by atoms with Crippen LogP contribution in [0.3, 0.4) is 0 Å². The molecule has 2 aromatic rings. The Labute approximate surface area is 101 Å².